The van der Waals surface area contributed by atoms with Gasteiger partial charge in [0.15, 0.2) is 0 Å². The fourth-order valence-electron chi connectivity index (χ4n) is 2.69. The van der Waals surface area contributed by atoms with E-state index in [0.717, 1.165) is 18.5 Å². The van der Waals surface area contributed by atoms with Gasteiger partial charge in [0.25, 0.3) is 11.5 Å². The van der Waals surface area contributed by atoms with Crippen LogP contribution in [0, 0.1) is 13.8 Å². The lowest BCUT2D eigenvalue weighted by atomic mass is 10.2. The lowest BCUT2D eigenvalue weighted by molar-refractivity contribution is 0.0733. The molecule has 0 radical (unpaired) electrons. The van der Waals surface area contributed by atoms with Crippen LogP contribution in [-0.2, 0) is 0 Å². The largest absolute Gasteiger partial charge is 0.328 e. The molecule has 2 aromatic rings. The molecule has 1 unspecified atom stereocenters. The van der Waals surface area contributed by atoms with Gasteiger partial charge >= 0.3 is 0 Å². The Labute approximate surface area is 125 Å². The molecule has 1 aliphatic rings. The number of aromatic nitrogens is 3. The number of likely N-dealkylation sites (tertiary alicyclic amines) is 1. The first-order chi connectivity index (χ1) is 10.1. The summed E-state index contributed by atoms with van der Waals surface area (Å²) in [5.74, 6) is 0.551. The lowest BCUT2D eigenvalue weighted by Gasteiger charge is -2.23. The fourth-order valence-corrected chi connectivity index (χ4v) is 3.45. The second-order valence-corrected chi connectivity index (χ2v) is 6.05. The summed E-state index contributed by atoms with van der Waals surface area (Å²) < 4.78 is 0. The van der Waals surface area contributed by atoms with Crippen molar-refractivity contribution in [1.82, 2.24) is 19.9 Å². The summed E-state index contributed by atoms with van der Waals surface area (Å²) in [5.41, 5.74) is 2.93. The zero-order valence-corrected chi connectivity index (χ0v) is 12.7. The van der Waals surface area contributed by atoms with E-state index >= 15 is 0 Å². The zero-order chi connectivity index (χ0) is 15.0. The lowest BCUT2D eigenvalue weighted by Crippen LogP contribution is -2.32. The molecule has 3 heterocycles. The van der Waals surface area contributed by atoms with Gasteiger partial charge in [0.1, 0.15) is 10.7 Å². The number of aryl methyl sites for hydroxylation is 2. The topological polar surface area (TPSA) is 79.0 Å². The van der Waals surface area contributed by atoms with Crippen LogP contribution < -0.4 is 5.56 Å². The molecule has 2 aromatic heterocycles. The number of H-pyrrole nitrogens is 1. The quantitative estimate of drug-likeness (QED) is 0.918. The smallest absolute Gasteiger partial charge is 0.266 e. The minimum absolute atomic E-state index is 0.0262. The number of nitrogens with one attached hydrogen (secondary N) is 1. The number of rotatable bonds is 2. The van der Waals surface area contributed by atoms with Gasteiger partial charge in [-0.2, -0.15) is 0 Å². The molecule has 0 spiro atoms. The van der Waals surface area contributed by atoms with Crippen LogP contribution in [-0.4, -0.2) is 32.3 Å². The van der Waals surface area contributed by atoms with Crippen molar-refractivity contribution in [1.29, 1.82) is 0 Å². The van der Waals surface area contributed by atoms with Crippen LogP contribution in [0.1, 0.15) is 45.8 Å². The van der Waals surface area contributed by atoms with E-state index in [1.165, 1.54) is 17.4 Å². The number of carbonyl (C=O) groups is 1. The molecule has 0 aliphatic carbocycles. The first-order valence-electron chi connectivity index (χ1n) is 6.85. The zero-order valence-electron chi connectivity index (χ0n) is 11.9. The average Bonchev–Trinajstić information content (AvgIpc) is 3.05. The summed E-state index contributed by atoms with van der Waals surface area (Å²) in [5, 5.41) is 0. The van der Waals surface area contributed by atoms with Crippen molar-refractivity contribution in [3.8, 4) is 0 Å². The van der Waals surface area contributed by atoms with Gasteiger partial charge in [0, 0.05) is 18.3 Å². The minimum atomic E-state index is -0.175. The molecular weight excluding hydrogens is 288 g/mol. The minimum Gasteiger partial charge on any atom is -0.328 e. The second kappa shape index (κ2) is 5.40. The maximum atomic E-state index is 12.7. The van der Waals surface area contributed by atoms with Crippen molar-refractivity contribution >= 4 is 17.2 Å². The molecular formula is C14H16N4O2S. The van der Waals surface area contributed by atoms with E-state index in [0.29, 0.717) is 22.9 Å². The molecule has 0 bridgehead atoms. The maximum Gasteiger partial charge on any atom is 0.266 e. The fraction of sp³-hybridized carbons (Fsp3) is 0.429. The molecule has 1 saturated heterocycles. The van der Waals surface area contributed by atoms with Gasteiger partial charge in [-0.3, -0.25) is 9.59 Å². The monoisotopic (exact) mass is 304 g/mol. The number of hydrogen-bond acceptors (Lipinski definition) is 5. The number of hydrogen-bond donors (Lipinski definition) is 1. The number of nitrogens with zero attached hydrogens (tertiary/aromatic N) is 3. The Morgan fingerprint density at radius 1 is 1.48 bits per heavy atom. The second-order valence-electron chi connectivity index (χ2n) is 5.20. The SMILES string of the molecule is Cc1cc(=O)[nH]c(C2CCCN2C(=O)c2scnc2C)n1. The highest BCUT2D eigenvalue weighted by molar-refractivity contribution is 7.11. The van der Waals surface area contributed by atoms with Crippen LogP contribution in [0.3, 0.4) is 0 Å². The van der Waals surface area contributed by atoms with E-state index < -0.39 is 0 Å². The van der Waals surface area contributed by atoms with Crippen molar-refractivity contribution in [3.63, 3.8) is 0 Å². The van der Waals surface area contributed by atoms with Crippen molar-refractivity contribution in [2.45, 2.75) is 32.7 Å². The molecule has 1 fully saturated rings. The standard InChI is InChI=1S/C14H16N4O2S/c1-8-6-11(19)17-13(16-8)10-4-3-5-18(10)14(20)12-9(2)15-7-21-12/h6-7,10H,3-5H2,1-2H3,(H,16,17,19). The first kappa shape index (κ1) is 13.9. The third-order valence-corrected chi connectivity index (χ3v) is 4.57. The van der Waals surface area contributed by atoms with Gasteiger partial charge in [-0.05, 0) is 26.7 Å². The van der Waals surface area contributed by atoms with Gasteiger partial charge in [-0.25, -0.2) is 9.97 Å². The van der Waals surface area contributed by atoms with Crippen LogP contribution in [0.5, 0.6) is 0 Å². The van der Waals surface area contributed by atoms with Crippen LogP contribution in [0.25, 0.3) is 0 Å². The Bertz CT molecular complexity index is 737. The molecule has 1 aliphatic heterocycles. The Morgan fingerprint density at radius 2 is 2.29 bits per heavy atom. The average molecular weight is 304 g/mol. The number of amides is 1. The Hall–Kier alpha value is -2.02. The van der Waals surface area contributed by atoms with Gasteiger partial charge in [-0.15, -0.1) is 11.3 Å². The third kappa shape index (κ3) is 2.61. The molecule has 1 amide bonds. The number of thiazole rings is 1. The first-order valence-corrected chi connectivity index (χ1v) is 7.73. The highest BCUT2D eigenvalue weighted by Crippen LogP contribution is 2.32. The Morgan fingerprint density at radius 3 is 2.95 bits per heavy atom. The van der Waals surface area contributed by atoms with E-state index in [4.69, 9.17) is 0 Å². The molecule has 1 atom stereocenters. The molecule has 7 heteroatoms. The highest BCUT2D eigenvalue weighted by Gasteiger charge is 2.33. The summed E-state index contributed by atoms with van der Waals surface area (Å²) >= 11 is 1.35. The summed E-state index contributed by atoms with van der Waals surface area (Å²) in [6, 6.07) is 1.30. The molecule has 0 aromatic carbocycles. The summed E-state index contributed by atoms with van der Waals surface area (Å²) in [6.45, 7) is 4.30. The molecule has 6 nitrogen and oxygen atoms in total. The maximum absolute atomic E-state index is 12.7. The van der Waals surface area contributed by atoms with E-state index in [9.17, 15) is 9.59 Å². The van der Waals surface area contributed by atoms with E-state index in [1.54, 1.807) is 17.3 Å². The van der Waals surface area contributed by atoms with Crippen molar-refractivity contribution in [3.05, 3.63) is 44.0 Å². The van der Waals surface area contributed by atoms with Crippen molar-refractivity contribution < 1.29 is 4.79 Å². The van der Waals surface area contributed by atoms with Crippen LogP contribution in [0.2, 0.25) is 0 Å². The van der Waals surface area contributed by atoms with Gasteiger partial charge in [-0.1, -0.05) is 0 Å². The third-order valence-electron chi connectivity index (χ3n) is 3.66. The molecule has 1 N–H and O–H groups in total. The van der Waals surface area contributed by atoms with E-state index in [2.05, 4.69) is 15.0 Å². The predicted octanol–water partition coefficient (Wildman–Crippen LogP) is 1.82. The number of aromatic amines is 1. The van der Waals surface area contributed by atoms with Crippen molar-refractivity contribution in [2.75, 3.05) is 6.54 Å². The van der Waals surface area contributed by atoms with E-state index in [-0.39, 0.29) is 17.5 Å². The molecule has 21 heavy (non-hydrogen) atoms. The van der Waals surface area contributed by atoms with E-state index in [1.807, 2.05) is 6.92 Å². The normalized spacial score (nSPS) is 18.2. The van der Waals surface area contributed by atoms with Crippen LogP contribution in [0.4, 0.5) is 0 Å². The Balaban J connectivity index is 1.94. The molecule has 0 saturated carbocycles. The summed E-state index contributed by atoms with van der Waals surface area (Å²) in [7, 11) is 0. The highest BCUT2D eigenvalue weighted by atomic mass is 32.1. The van der Waals surface area contributed by atoms with Crippen LogP contribution in [0.15, 0.2) is 16.4 Å². The van der Waals surface area contributed by atoms with Crippen molar-refractivity contribution in [2.24, 2.45) is 0 Å². The summed E-state index contributed by atoms with van der Waals surface area (Å²) in [6.07, 6.45) is 1.72. The molecule has 3 rings (SSSR count). The number of carbonyl (C=O) groups excluding carboxylic acids is 1. The van der Waals surface area contributed by atoms with Crippen LogP contribution >= 0.6 is 11.3 Å². The predicted molar refractivity (Wildman–Crippen MR) is 79.5 cm³/mol. The van der Waals surface area contributed by atoms with Gasteiger partial charge < -0.3 is 9.88 Å². The molecule has 110 valence electrons. The summed E-state index contributed by atoms with van der Waals surface area (Å²) in [4.78, 5) is 38.0. The van der Waals surface area contributed by atoms with Gasteiger partial charge in [0.05, 0.1) is 17.2 Å². The van der Waals surface area contributed by atoms with Gasteiger partial charge in [0.2, 0.25) is 0 Å². The Kier molecular flexibility index (Phi) is 3.59.